The maximum atomic E-state index is 13.6. The van der Waals surface area contributed by atoms with Crippen LogP contribution in [0.2, 0.25) is 0 Å². The molecule has 19 heavy (non-hydrogen) atoms. The maximum Gasteiger partial charge on any atom is 0.129 e. The monoisotopic (exact) mass is 330 g/mol. The van der Waals surface area contributed by atoms with Gasteiger partial charge in [-0.05, 0) is 35.9 Å². The SMILES string of the molecule is OC(Cc1ccc(Br)cc1F)c1cc(F)ccc1F. The number of aliphatic hydroxyl groups excluding tert-OH is 1. The van der Waals surface area contributed by atoms with Crippen molar-refractivity contribution in [1.29, 1.82) is 0 Å². The van der Waals surface area contributed by atoms with Crippen molar-refractivity contribution in [3.8, 4) is 0 Å². The molecular formula is C14H10BrF3O. The number of hydrogen-bond donors (Lipinski definition) is 1. The van der Waals surface area contributed by atoms with Crippen LogP contribution in [0.25, 0.3) is 0 Å². The highest BCUT2D eigenvalue weighted by Crippen LogP contribution is 2.24. The summed E-state index contributed by atoms with van der Waals surface area (Å²) in [5.74, 6) is -1.87. The van der Waals surface area contributed by atoms with Gasteiger partial charge in [0.05, 0.1) is 6.10 Å². The number of rotatable bonds is 3. The van der Waals surface area contributed by atoms with Gasteiger partial charge in [-0.15, -0.1) is 0 Å². The lowest BCUT2D eigenvalue weighted by Crippen LogP contribution is -2.06. The lowest BCUT2D eigenvalue weighted by molar-refractivity contribution is 0.172. The number of hydrogen-bond acceptors (Lipinski definition) is 1. The Bertz CT molecular complexity index is 601. The van der Waals surface area contributed by atoms with E-state index in [1.54, 1.807) is 6.07 Å². The second kappa shape index (κ2) is 5.75. The molecular weight excluding hydrogens is 321 g/mol. The van der Waals surface area contributed by atoms with E-state index in [0.29, 0.717) is 4.47 Å². The smallest absolute Gasteiger partial charge is 0.129 e. The maximum absolute atomic E-state index is 13.6. The molecule has 0 fully saturated rings. The van der Waals surface area contributed by atoms with Gasteiger partial charge in [0.25, 0.3) is 0 Å². The van der Waals surface area contributed by atoms with E-state index >= 15 is 0 Å². The molecule has 1 nitrogen and oxygen atoms in total. The van der Waals surface area contributed by atoms with Crippen LogP contribution in [0.5, 0.6) is 0 Å². The van der Waals surface area contributed by atoms with Crippen molar-refractivity contribution in [2.24, 2.45) is 0 Å². The minimum atomic E-state index is -1.30. The highest BCUT2D eigenvalue weighted by Gasteiger charge is 2.16. The minimum Gasteiger partial charge on any atom is -0.388 e. The predicted molar refractivity (Wildman–Crippen MR) is 69.1 cm³/mol. The standard InChI is InChI=1S/C14H10BrF3O/c15-9-2-1-8(13(18)6-9)5-14(19)11-7-10(16)3-4-12(11)17/h1-4,6-7,14,19H,5H2. The van der Waals surface area contributed by atoms with E-state index in [-0.39, 0.29) is 17.5 Å². The Kier molecular flexibility index (Phi) is 4.27. The Morgan fingerprint density at radius 3 is 2.42 bits per heavy atom. The van der Waals surface area contributed by atoms with Gasteiger partial charge in [-0.25, -0.2) is 13.2 Å². The summed E-state index contributed by atoms with van der Waals surface area (Å²) in [4.78, 5) is 0. The lowest BCUT2D eigenvalue weighted by Gasteiger charge is -2.13. The fraction of sp³-hybridized carbons (Fsp3) is 0.143. The summed E-state index contributed by atoms with van der Waals surface area (Å²) in [6.45, 7) is 0. The molecule has 0 radical (unpaired) electrons. The van der Waals surface area contributed by atoms with Gasteiger partial charge in [-0.1, -0.05) is 22.0 Å². The van der Waals surface area contributed by atoms with E-state index in [2.05, 4.69) is 15.9 Å². The lowest BCUT2D eigenvalue weighted by atomic mass is 10.0. The van der Waals surface area contributed by atoms with Crippen LogP contribution in [0.3, 0.4) is 0 Å². The van der Waals surface area contributed by atoms with Gasteiger partial charge in [0.2, 0.25) is 0 Å². The summed E-state index contributed by atoms with van der Waals surface area (Å²) in [5.41, 5.74) is 0.0571. The zero-order chi connectivity index (χ0) is 14.0. The average Bonchev–Trinajstić information content (AvgIpc) is 2.35. The summed E-state index contributed by atoms with van der Waals surface area (Å²) in [6.07, 6.45) is -1.43. The average molecular weight is 331 g/mol. The van der Waals surface area contributed by atoms with E-state index in [9.17, 15) is 18.3 Å². The molecule has 2 aromatic carbocycles. The van der Waals surface area contributed by atoms with Crippen molar-refractivity contribution in [2.75, 3.05) is 0 Å². The first-order valence-corrected chi connectivity index (χ1v) is 6.33. The van der Waals surface area contributed by atoms with Crippen molar-refractivity contribution in [3.63, 3.8) is 0 Å². The molecule has 1 unspecified atom stereocenters. The number of halogens is 4. The van der Waals surface area contributed by atoms with Gasteiger partial charge in [0, 0.05) is 16.5 Å². The Morgan fingerprint density at radius 2 is 1.74 bits per heavy atom. The summed E-state index contributed by atoms with van der Waals surface area (Å²) >= 11 is 3.12. The molecule has 1 atom stereocenters. The Hall–Kier alpha value is -1.33. The van der Waals surface area contributed by atoms with Gasteiger partial charge in [-0.3, -0.25) is 0 Å². The summed E-state index contributed by atoms with van der Waals surface area (Å²) in [7, 11) is 0. The first-order chi connectivity index (χ1) is 8.97. The van der Waals surface area contributed by atoms with Crippen molar-refractivity contribution in [3.05, 3.63) is 69.4 Å². The topological polar surface area (TPSA) is 20.2 Å². The zero-order valence-electron chi connectivity index (χ0n) is 9.71. The van der Waals surface area contributed by atoms with E-state index < -0.39 is 23.6 Å². The van der Waals surface area contributed by atoms with Gasteiger partial charge < -0.3 is 5.11 Å². The molecule has 0 aliphatic carbocycles. The van der Waals surface area contributed by atoms with Crippen molar-refractivity contribution in [2.45, 2.75) is 12.5 Å². The summed E-state index contributed by atoms with van der Waals surface area (Å²) in [6, 6.07) is 7.17. The van der Waals surface area contributed by atoms with Gasteiger partial charge in [0.15, 0.2) is 0 Å². The third kappa shape index (κ3) is 3.36. The van der Waals surface area contributed by atoms with E-state index in [0.717, 1.165) is 18.2 Å². The Labute approximate surface area is 116 Å². The van der Waals surface area contributed by atoms with Crippen LogP contribution < -0.4 is 0 Å². The molecule has 100 valence electrons. The van der Waals surface area contributed by atoms with Crippen LogP contribution in [0.15, 0.2) is 40.9 Å². The van der Waals surface area contributed by atoms with Crippen LogP contribution in [-0.2, 0) is 6.42 Å². The summed E-state index contributed by atoms with van der Waals surface area (Å²) in [5, 5.41) is 9.89. The molecule has 0 amide bonds. The first-order valence-electron chi connectivity index (χ1n) is 5.54. The third-order valence-electron chi connectivity index (χ3n) is 2.75. The molecule has 5 heteroatoms. The van der Waals surface area contributed by atoms with E-state index in [1.165, 1.54) is 12.1 Å². The minimum absolute atomic E-state index is 0.126. The molecule has 2 aromatic rings. The molecule has 0 heterocycles. The molecule has 0 saturated carbocycles. The molecule has 2 rings (SSSR count). The molecule has 0 spiro atoms. The van der Waals surface area contributed by atoms with Crippen LogP contribution in [0.4, 0.5) is 13.2 Å². The molecule has 0 aliphatic rings. The number of benzene rings is 2. The molecule has 0 aromatic heterocycles. The van der Waals surface area contributed by atoms with Gasteiger partial charge in [-0.2, -0.15) is 0 Å². The van der Waals surface area contributed by atoms with Gasteiger partial charge >= 0.3 is 0 Å². The third-order valence-corrected chi connectivity index (χ3v) is 3.24. The molecule has 0 bridgehead atoms. The van der Waals surface area contributed by atoms with Crippen LogP contribution in [0, 0.1) is 17.5 Å². The van der Waals surface area contributed by atoms with Crippen LogP contribution in [-0.4, -0.2) is 5.11 Å². The molecule has 0 aliphatic heterocycles. The largest absolute Gasteiger partial charge is 0.388 e. The number of aliphatic hydroxyl groups is 1. The normalized spacial score (nSPS) is 12.5. The van der Waals surface area contributed by atoms with E-state index in [1.807, 2.05) is 0 Å². The fourth-order valence-electron chi connectivity index (χ4n) is 1.78. The van der Waals surface area contributed by atoms with Crippen molar-refractivity contribution >= 4 is 15.9 Å². The van der Waals surface area contributed by atoms with Crippen LogP contribution in [0.1, 0.15) is 17.2 Å². The summed E-state index contributed by atoms with van der Waals surface area (Å²) < 4.78 is 40.6. The van der Waals surface area contributed by atoms with Crippen LogP contribution >= 0.6 is 15.9 Å². The first kappa shape index (κ1) is 14.1. The van der Waals surface area contributed by atoms with Gasteiger partial charge in [0.1, 0.15) is 17.5 Å². The Morgan fingerprint density at radius 1 is 1.00 bits per heavy atom. The van der Waals surface area contributed by atoms with Crippen molar-refractivity contribution < 1.29 is 18.3 Å². The second-order valence-corrected chi connectivity index (χ2v) is 5.04. The highest BCUT2D eigenvalue weighted by atomic mass is 79.9. The van der Waals surface area contributed by atoms with E-state index in [4.69, 9.17) is 0 Å². The van der Waals surface area contributed by atoms with Crippen molar-refractivity contribution in [1.82, 2.24) is 0 Å². The second-order valence-electron chi connectivity index (χ2n) is 4.12. The highest BCUT2D eigenvalue weighted by molar-refractivity contribution is 9.10. The molecule has 0 saturated heterocycles. The molecule has 1 N–H and O–H groups in total. The Balaban J connectivity index is 2.25. The fourth-order valence-corrected chi connectivity index (χ4v) is 2.11. The zero-order valence-corrected chi connectivity index (χ0v) is 11.3. The quantitative estimate of drug-likeness (QED) is 0.896. The predicted octanol–water partition coefficient (Wildman–Crippen LogP) is 4.14.